The summed E-state index contributed by atoms with van der Waals surface area (Å²) in [6.07, 6.45) is 0. The zero-order chi connectivity index (χ0) is 31.4. The van der Waals surface area contributed by atoms with Crippen molar-refractivity contribution in [1.82, 2.24) is 15.0 Å². The molecule has 0 bridgehead atoms. The molecule has 0 unspecified atom stereocenters. The molecule has 0 radical (unpaired) electrons. The number of hydrogen-bond acceptors (Lipinski definition) is 11. The molecule has 2 N–H and O–H groups in total. The van der Waals surface area contributed by atoms with Crippen LogP contribution >= 0.6 is 11.6 Å². The topological polar surface area (TPSA) is 149 Å². The third kappa shape index (κ3) is 4.40. The molecule has 7 rings (SSSR count). The Morgan fingerprint density at radius 1 is 0.511 bits per heavy atom. The maximum absolute atomic E-state index is 13.6. The summed E-state index contributed by atoms with van der Waals surface area (Å²) in [5, 5.41) is 5.76. The third-order valence-electron chi connectivity index (χ3n) is 7.62. The number of methoxy groups -OCH3 is 2. The summed E-state index contributed by atoms with van der Waals surface area (Å²) in [4.78, 5) is 66.8. The summed E-state index contributed by atoms with van der Waals surface area (Å²) in [5.41, 5.74) is 1.96. The number of nitrogens with one attached hydrogen (secondary N) is 2. The van der Waals surface area contributed by atoms with Crippen molar-refractivity contribution < 1.29 is 28.7 Å². The maximum Gasteiger partial charge on any atom is 0.233 e. The largest absolute Gasteiger partial charge is 0.496 e. The highest BCUT2D eigenvalue weighted by Crippen LogP contribution is 2.40. The zero-order valence-electron chi connectivity index (χ0n) is 23.6. The van der Waals surface area contributed by atoms with E-state index < -0.39 is 0 Å². The smallest absolute Gasteiger partial charge is 0.233 e. The fourth-order valence-electron chi connectivity index (χ4n) is 5.64. The molecule has 0 spiro atoms. The number of ether oxygens (including phenoxy) is 2. The Morgan fingerprint density at radius 3 is 1.22 bits per heavy atom. The van der Waals surface area contributed by atoms with Gasteiger partial charge in [-0.05, 0) is 35.9 Å². The van der Waals surface area contributed by atoms with Gasteiger partial charge in [0, 0.05) is 22.3 Å². The molecule has 1 heterocycles. The molecule has 1 aromatic heterocycles. The third-order valence-corrected chi connectivity index (χ3v) is 7.79. The van der Waals surface area contributed by atoms with Crippen molar-refractivity contribution >= 4 is 58.0 Å². The van der Waals surface area contributed by atoms with Gasteiger partial charge < -0.3 is 20.1 Å². The maximum atomic E-state index is 13.6. The van der Waals surface area contributed by atoms with E-state index in [2.05, 4.69) is 25.6 Å². The number of carbonyl (C=O) groups is 4. The lowest BCUT2D eigenvalue weighted by molar-refractivity contribution is 0.0977. The summed E-state index contributed by atoms with van der Waals surface area (Å²) in [6, 6.07) is 19.4. The van der Waals surface area contributed by atoms with Gasteiger partial charge in [-0.25, -0.2) is 0 Å². The Balaban J connectivity index is 1.28. The fourth-order valence-corrected chi connectivity index (χ4v) is 5.80. The lowest BCUT2D eigenvalue weighted by atomic mass is 9.82. The number of anilines is 4. The van der Waals surface area contributed by atoms with E-state index in [4.69, 9.17) is 21.1 Å². The van der Waals surface area contributed by atoms with E-state index in [1.54, 1.807) is 72.8 Å². The van der Waals surface area contributed by atoms with E-state index in [1.807, 2.05) is 0 Å². The first kappa shape index (κ1) is 27.9. The molecule has 45 heavy (non-hydrogen) atoms. The number of carbonyl (C=O) groups excluding carboxylic acids is 4. The molecule has 0 amide bonds. The van der Waals surface area contributed by atoms with Crippen molar-refractivity contribution in [3.63, 3.8) is 0 Å². The molecular weight excluding hydrogens is 598 g/mol. The van der Waals surface area contributed by atoms with Crippen LogP contribution in [-0.4, -0.2) is 52.3 Å². The molecule has 0 saturated carbocycles. The van der Waals surface area contributed by atoms with E-state index >= 15 is 0 Å². The summed E-state index contributed by atoms with van der Waals surface area (Å²) < 4.78 is 10.8. The standard InChI is InChI=1S/C33H20ClN5O6/c1-44-21-13-11-19(23-25(21)29(42)17-9-5-3-7-15(17)27(23)40)35-32-37-31(34)38-33(39-32)36-20-12-14-22(45-2)26-24(20)28(41)16-8-4-6-10-18(16)30(26)43/h3-14H,1-2H3,(H2,35,36,37,38,39). The van der Waals surface area contributed by atoms with Gasteiger partial charge in [-0.1, -0.05) is 48.5 Å². The normalized spacial score (nSPS) is 13.0. The van der Waals surface area contributed by atoms with Gasteiger partial charge in [-0.3, -0.25) is 19.2 Å². The highest BCUT2D eigenvalue weighted by molar-refractivity contribution is 6.32. The van der Waals surface area contributed by atoms with Crippen molar-refractivity contribution in [3.8, 4) is 11.5 Å². The van der Waals surface area contributed by atoms with Gasteiger partial charge in [0.2, 0.25) is 17.2 Å². The molecule has 4 aromatic carbocycles. The molecule has 0 fully saturated rings. The minimum atomic E-state index is -0.381. The molecule has 0 atom stereocenters. The van der Waals surface area contributed by atoms with Crippen LogP contribution in [0.3, 0.4) is 0 Å². The monoisotopic (exact) mass is 617 g/mol. The quantitative estimate of drug-likeness (QED) is 0.241. The van der Waals surface area contributed by atoms with E-state index in [9.17, 15) is 19.2 Å². The van der Waals surface area contributed by atoms with Crippen molar-refractivity contribution in [1.29, 1.82) is 0 Å². The summed E-state index contributed by atoms with van der Waals surface area (Å²) in [5.74, 6) is -1.11. The highest BCUT2D eigenvalue weighted by atomic mass is 35.5. The first-order valence-electron chi connectivity index (χ1n) is 13.5. The first-order chi connectivity index (χ1) is 21.8. The van der Waals surface area contributed by atoms with Crippen LogP contribution in [0.2, 0.25) is 5.28 Å². The molecule has 5 aromatic rings. The Labute approximate surface area is 260 Å². The average molecular weight is 618 g/mol. The molecular formula is C33H20ClN5O6. The van der Waals surface area contributed by atoms with Crippen molar-refractivity contribution in [2.75, 3.05) is 24.9 Å². The van der Waals surface area contributed by atoms with E-state index in [0.717, 1.165) is 0 Å². The predicted molar refractivity (Wildman–Crippen MR) is 164 cm³/mol. The van der Waals surface area contributed by atoms with Crippen LogP contribution in [0.15, 0.2) is 72.8 Å². The van der Waals surface area contributed by atoms with Gasteiger partial charge >= 0.3 is 0 Å². The van der Waals surface area contributed by atoms with Crippen molar-refractivity contribution in [2.24, 2.45) is 0 Å². The SMILES string of the molecule is COc1ccc(Nc2nc(Cl)nc(Nc3ccc(OC)c4c3C(=O)c3ccccc3C4=O)n2)c2c1C(=O)c1ccccc1C2=O. The summed E-state index contributed by atoms with van der Waals surface area (Å²) >= 11 is 6.28. The number of benzene rings is 4. The van der Waals surface area contributed by atoms with Crippen LogP contribution in [-0.2, 0) is 0 Å². The van der Waals surface area contributed by atoms with Crippen LogP contribution < -0.4 is 20.1 Å². The van der Waals surface area contributed by atoms with Crippen LogP contribution in [0.5, 0.6) is 11.5 Å². The lowest BCUT2D eigenvalue weighted by Gasteiger charge is -2.23. The van der Waals surface area contributed by atoms with Gasteiger partial charge in [-0.2, -0.15) is 15.0 Å². The lowest BCUT2D eigenvalue weighted by Crippen LogP contribution is -2.23. The molecule has 12 heteroatoms. The second kappa shape index (κ2) is 10.6. The molecule has 0 saturated heterocycles. The Bertz CT molecular complexity index is 2000. The zero-order valence-corrected chi connectivity index (χ0v) is 24.4. The highest BCUT2D eigenvalue weighted by Gasteiger charge is 2.36. The Morgan fingerprint density at radius 2 is 0.867 bits per heavy atom. The molecule has 220 valence electrons. The molecule has 2 aliphatic rings. The van der Waals surface area contributed by atoms with Gasteiger partial charge in [-0.15, -0.1) is 0 Å². The van der Waals surface area contributed by atoms with Gasteiger partial charge in [0.25, 0.3) is 0 Å². The number of halogens is 1. The first-order valence-corrected chi connectivity index (χ1v) is 13.9. The van der Waals surface area contributed by atoms with E-state index in [1.165, 1.54) is 14.2 Å². The Kier molecular flexibility index (Phi) is 6.59. The minimum absolute atomic E-state index is 0.0564. The van der Waals surface area contributed by atoms with E-state index in [-0.39, 0.29) is 108 Å². The number of ketones is 4. The van der Waals surface area contributed by atoms with Crippen molar-refractivity contribution in [3.05, 3.63) is 123 Å². The van der Waals surface area contributed by atoms with Gasteiger partial charge in [0.05, 0.1) is 47.8 Å². The fraction of sp³-hybridized carbons (Fsp3) is 0.0606. The van der Waals surface area contributed by atoms with Crippen LogP contribution in [0, 0.1) is 0 Å². The van der Waals surface area contributed by atoms with Gasteiger partial charge in [0.1, 0.15) is 11.5 Å². The second-order valence-electron chi connectivity index (χ2n) is 10.0. The Hall–Kier alpha value is -5.94. The number of rotatable bonds is 6. The second-order valence-corrected chi connectivity index (χ2v) is 10.4. The van der Waals surface area contributed by atoms with Crippen LogP contribution in [0.1, 0.15) is 63.7 Å². The summed E-state index contributed by atoms with van der Waals surface area (Å²) in [6.45, 7) is 0. The van der Waals surface area contributed by atoms with Crippen LogP contribution in [0.4, 0.5) is 23.3 Å². The molecule has 0 aliphatic heterocycles. The predicted octanol–water partition coefficient (Wildman–Crippen LogP) is 5.58. The molecule has 11 nitrogen and oxygen atoms in total. The number of fused-ring (bicyclic) bond motifs is 4. The van der Waals surface area contributed by atoms with Gasteiger partial charge in [0.15, 0.2) is 23.1 Å². The van der Waals surface area contributed by atoms with E-state index in [0.29, 0.717) is 0 Å². The average Bonchev–Trinajstić information content (AvgIpc) is 3.05. The number of aromatic nitrogens is 3. The van der Waals surface area contributed by atoms with Crippen molar-refractivity contribution in [2.45, 2.75) is 0 Å². The number of nitrogens with zero attached hydrogens (tertiary/aromatic N) is 3. The number of hydrogen-bond donors (Lipinski definition) is 2. The molecule has 2 aliphatic carbocycles. The van der Waals surface area contributed by atoms with Crippen LogP contribution in [0.25, 0.3) is 0 Å². The summed E-state index contributed by atoms with van der Waals surface area (Å²) in [7, 11) is 2.83. The minimum Gasteiger partial charge on any atom is -0.496 e.